The molecule has 0 aliphatic rings. The van der Waals surface area contributed by atoms with Gasteiger partial charge in [-0.3, -0.25) is 9.36 Å². The summed E-state index contributed by atoms with van der Waals surface area (Å²) < 4.78 is 45.1. The molecule has 0 unspecified atom stereocenters. The number of pyridine rings is 2. The molecule has 28 heavy (non-hydrogen) atoms. The third-order valence-electron chi connectivity index (χ3n) is 3.61. The molecule has 0 fully saturated rings. The highest BCUT2D eigenvalue weighted by Crippen LogP contribution is 2.28. The zero-order chi connectivity index (χ0) is 20.5. The van der Waals surface area contributed by atoms with E-state index in [0.717, 1.165) is 7.05 Å². The summed E-state index contributed by atoms with van der Waals surface area (Å²) in [5.74, 6) is 4.84. The van der Waals surface area contributed by atoms with Crippen LogP contribution in [0.2, 0.25) is 0 Å². The second-order valence-electron chi connectivity index (χ2n) is 5.40. The third-order valence-corrected chi connectivity index (χ3v) is 3.61. The van der Waals surface area contributed by atoms with E-state index in [1.54, 1.807) is 0 Å². The van der Waals surface area contributed by atoms with Crippen molar-refractivity contribution in [1.82, 2.24) is 19.1 Å². The molecule has 0 saturated carbocycles. The Labute approximate surface area is 154 Å². The van der Waals surface area contributed by atoms with Gasteiger partial charge in [-0.1, -0.05) is 6.07 Å². The first kappa shape index (κ1) is 19.1. The van der Waals surface area contributed by atoms with Gasteiger partial charge in [-0.15, -0.1) is 0 Å². The van der Waals surface area contributed by atoms with Crippen molar-refractivity contribution in [2.75, 3.05) is 0 Å². The van der Waals surface area contributed by atoms with E-state index in [0.29, 0.717) is 15.2 Å². The highest BCUT2D eigenvalue weighted by Gasteiger charge is 2.35. The van der Waals surface area contributed by atoms with Crippen LogP contribution >= 0.6 is 0 Å². The maximum Gasteiger partial charge on any atom is 0.431 e. The molecule has 0 amide bonds. The molecule has 12 heteroatoms. The van der Waals surface area contributed by atoms with Crippen molar-refractivity contribution < 1.29 is 22.7 Å². The van der Waals surface area contributed by atoms with Crippen molar-refractivity contribution >= 4 is 0 Å². The Morgan fingerprint density at radius 3 is 2.57 bits per heavy atom. The smallest absolute Gasteiger partial charge is 0.431 e. The van der Waals surface area contributed by atoms with Crippen molar-refractivity contribution in [3.8, 4) is 23.3 Å². The normalized spacial score (nSPS) is 11.3. The number of ether oxygens (including phenoxy) is 1. The quantitative estimate of drug-likeness (QED) is 0.664. The van der Waals surface area contributed by atoms with Crippen molar-refractivity contribution in [3.63, 3.8) is 0 Å². The Kier molecular flexibility index (Phi) is 4.88. The minimum atomic E-state index is -4.86. The van der Waals surface area contributed by atoms with Crippen LogP contribution in [-0.2, 0) is 13.2 Å². The summed E-state index contributed by atoms with van der Waals surface area (Å²) in [6.45, 7) is 0. The molecule has 3 aromatic heterocycles. The fourth-order valence-electron chi connectivity index (χ4n) is 2.35. The van der Waals surface area contributed by atoms with Crippen LogP contribution in [0.15, 0.2) is 52.2 Å². The van der Waals surface area contributed by atoms with Gasteiger partial charge in [0, 0.05) is 25.4 Å². The van der Waals surface area contributed by atoms with Crippen LogP contribution in [0.5, 0.6) is 17.5 Å². The lowest BCUT2D eigenvalue weighted by atomic mass is 10.3. The summed E-state index contributed by atoms with van der Waals surface area (Å²) in [4.78, 5) is 36.9. The predicted octanol–water partition coefficient (Wildman–Crippen LogP) is 1.39. The molecule has 2 N–H and O–H groups in total. The summed E-state index contributed by atoms with van der Waals surface area (Å²) in [6, 6.07) is 7.41. The Morgan fingerprint density at radius 2 is 1.89 bits per heavy atom. The van der Waals surface area contributed by atoms with E-state index >= 15 is 0 Å². The van der Waals surface area contributed by atoms with Gasteiger partial charge in [0.15, 0.2) is 5.75 Å². The summed E-state index contributed by atoms with van der Waals surface area (Å²) in [6.07, 6.45) is -3.45. The van der Waals surface area contributed by atoms with Gasteiger partial charge < -0.3 is 9.57 Å². The van der Waals surface area contributed by atoms with Crippen molar-refractivity contribution in [2.24, 2.45) is 12.9 Å². The number of hydrogen-bond donors (Lipinski definition) is 1. The predicted molar refractivity (Wildman–Crippen MR) is 89.2 cm³/mol. The molecule has 9 nitrogen and oxygen atoms in total. The lowest BCUT2D eigenvalue weighted by molar-refractivity contribution is -0.144. The molecule has 146 valence electrons. The Hall–Kier alpha value is -3.67. The van der Waals surface area contributed by atoms with Gasteiger partial charge in [-0.25, -0.2) is 14.3 Å². The van der Waals surface area contributed by atoms with E-state index in [1.807, 2.05) is 0 Å². The highest BCUT2D eigenvalue weighted by atomic mass is 19.4. The molecule has 0 saturated heterocycles. The van der Waals surface area contributed by atoms with Crippen LogP contribution in [-0.4, -0.2) is 19.1 Å². The average molecular weight is 395 g/mol. The molecule has 3 heterocycles. The van der Waals surface area contributed by atoms with Gasteiger partial charge in [0.1, 0.15) is 11.5 Å². The number of nitrogens with zero attached hydrogens (tertiary/aromatic N) is 4. The molecule has 0 radical (unpaired) electrons. The summed E-state index contributed by atoms with van der Waals surface area (Å²) >= 11 is 0. The van der Waals surface area contributed by atoms with E-state index in [4.69, 9.17) is 10.6 Å². The summed E-state index contributed by atoms with van der Waals surface area (Å²) in [5.41, 5.74) is -3.77. The summed E-state index contributed by atoms with van der Waals surface area (Å²) in [7, 11) is 0.905. The van der Waals surface area contributed by atoms with Gasteiger partial charge in [0.25, 0.3) is 11.4 Å². The van der Waals surface area contributed by atoms with E-state index in [2.05, 4.69) is 14.8 Å². The van der Waals surface area contributed by atoms with E-state index in [-0.39, 0.29) is 23.3 Å². The fourth-order valence-corrected chi connectivity index (χ4v) is 2.35. The molecule has 3 aromatic rings. The van der Waals surface area contributed by atoms with Crippen molar-refractivity contribution in [1.29, 1.82) is 0 Å². The molecule has 0 aliphatic heterocycles. The molecule has 3 rings (SSSR count). The number of rotatable bonds is 4. The van der Waals surface area contributed by atoms with Crippen LogP contribution in [0.1, 0.15) is 5.69 Å². The number of nitrogens with two attached hydrogens (primary N) is 1. The Balaban J connectivity index is 2.07. The second-order valence-corrected chi connectivity index (χ2v) is 5.40. The molecular formula is C16H12F3N5O4. The Morgan fingerprint density at radius 1 is 1.14 bits per heavy atom. The van der Waals surface area contributed by atoms with Gasteiger partial charge in [0.05, 0.1) is 0 Å². The maximum absolute atomic E-state index is 12.9. The van der Waals surface area contributed by atoms with E-state index in [1.165, 1.54) is 36.5 Å². The van der Waals surface area contributed by atoms with E-state index in [9.17, 15) is 22.8 Å². The fraction of sp³-hybridized carbons (Fsp3) is 0.125. The van der Waals surface area contributed by atoms with Crippen LogP contribution in [0, 0.1) is 0 Å². The number of halogens is 3. The van der Waals surface area contributed by atoms with Crippen LogP contribution in [0.25, 0.3) is 5.82 Å². The largest absolute Gasteiger partial charge is 0.433 e. The molecule has 0 spiro atoms. The maximum atomic E-state index is 12.9. The first-order chi connectivity index (χ1) is 13.2. The average Bonchev–Trinajstić information content (AvgIpc) is 2.65. The zero-order valence-corrected chi connectivity index (χ0v) is 14.2. The standard InChI is InChI=1S/C16H12F3N5O4/c1-23-10(16(17,18)19)8-13(25)24(15(23)26)11-5-2-6-12(22-11)27-9-4-3-7-21-14(9)28-20/h2-8H,20H2,1H3. The van der Waals surface area contributed by atoms with Gasteiger partial charge >= 0.3 is 11.9 Å². The lowest BCUT2D eigenvalue weighted by Gasteiger charge is -2.14. The number of aromatic nitrogens is 4. The Bertz CT molecular complexity index is 1140. The first-order valence-corrected chi connectivity index (χ1v) is 7.59. The van der Waals surface area contributed by atoms with Crippen molar-refractivity contribution in [2.45, 2.75) is 6.18 Å². The highest BCUT2D eigenvalue weighted by molar-refractivity contribution is 5.37. The lowest BCUT2D eigenvalue weighted by Crippen LogP contribution is -2.41. The molecule has 0 aliphatic carbocycles. The number of alkyl halides is 3. The van der Waals surface area contributed by atoms with Gasteiger partial charge in [-0.2, -0.15) is 24.1 Å². The van der Waals surface area contributed by atoms with Gasteiger partial charge in [0.2, 0.25) is 5.88 Å². The third kappa shape index (κ3) is 3.57. The van der Waals surface area contributed by atoms with Crippen LogP contribution in [0.4, 0.5) is 13.2 Å². The summed E-state index contributed by atoms with van der Waals surface area (Å²) in [5, 5.41) is 0. The second kappa shape index (κ2) is 7.15. The van der Waals surface area contributed by atoms with Crippen LogP contribution in [0.3, 0.4) is 0 Å². The zero-order valence-electron chi connectivity index (χ0n) is 14.2. The first-order valence-electron chi connectivity index (χ1n) is 7.59. The van der Waals surface area contributed by atoms with Crippen molar-refractivity contribution in [3.05, 3.63) is 69.1 Å². The minimum absolute atomic E-state index is 0.0442. The SMILES string of the molecule is Cn1c(C(F)(F)F)cc(=O)n(-c2cccc(Oc3cccnc3ON)n2)c1=O. The molecule has 0 bridgehead atoms. The topological polar surface area (TPSA) is 114 Å². The molecule has 0 atom stereocenters. The molecular weight excluding hydrogens is 383 g/mol. The number of hydrogen-bond acceptors (Lipinski definition) is 7. The van der Waals surface area contributed by atoms with E-state index < -0.39 is 23.1 Å². The monoisotopic (exact) mass is 395 g/mol. The molecule has 0 aromatic carbocycles. The van der Waals surface area contributed by atoms with Crippen LogP contribution < -0.4 is 26.7 Å². The van der Waals surface area contributed by atoms with Gasteiger partial charge in [-0.05, 0) is 18.2 Å². The minimum Gasteiger partial charge on any atom is -0.433 e.